The summed E-state index contributed by atoms with van der Waals surface area (Å²) in [5, 5.41) is 8.10. The lowest BCUT2D eigenvalue weighted by atomic mass is 10.0. The first kappa shape index (κ1) is 23.7. The topological polar surface area (TPSA) is 88.9 Å². The van der Waals surface area contributed by atoms with Crippen molar-refractivity contribution in [1.29, 1.82) is 0 Å². The Labute approximate surface area is 200 Å². The smallest absolute Gasteiger partial charge is 0.240 e. The zero-order valence-corrected chi connectivity index (χ0v) is 20.4. The highest BCUT2D eigenvalue weighted by Crippen LogP contribution is 2.33. The van der Waals surface area contributed by atoms with Gasteiger partial charge in [-0.15, -0.1) is 0 Å². The van der Waals surface area contributed by atoms with Gasteiger partial charge in [0.15, 0.2) is 0 Å². The summed E-state index contributed by atoms with van der Waals surface area (Å²) >= 11 is 0. The molecule has 0 saturated heterocycles. The zero-order chi connectivity index (χ0) is 24.2. The van der Waals surface area contributed by atoms with E-state index < -0.39 is 10.0 Å². The summed E-state index contributed by atoms with van der Waals surface area (Å²) in [6.45, 7) is 6.99. The first-order chi connectivity index (χ1) is 16.2. The molecule has 0 spiro atoms. The van der Waals surface area contributed by atoms with Crippen LogP contribution >= 0.6 is 0 Å². The Morgan fingerprint density at radius 1 is 0.882 bits per heavy atom. The van der Waals surface area contributed by atoms with Gasteiger partial charge in [0.05, 0.1) is 10.4 Å². The van der Waals surface area contributed by atoms with Crippen LogP contribution in [0.5, 0.6) is 0 Å². The van der Waals surface area contributed by atoms with Crippen molar-refractivity contribution in [2.75, 3.05) is 18.4 Å². The maximum Gasteiger partial charge on any atom is 0.240 e. The van der Waals surface area contributed by atoms with Gasteiger partial charge in [0.1, 0.15) is 11.5 Å². The van der Waals surface area contributed by atoms with Crippen LogP contribution in [-0.4, -0.2) is 36.3 Å². The van der Waals surface area contributed by atoms with E-state index in [9.17, 15) is 8.42 Å². The molecule has 0 atom stereocenters. The first-order valence-corrected chi connectivity index (χ1v) is 12.6. The number of rotatable bonds is 8. The molecule has 0 bridgehead atoms. The number of pyridine rings is 1. The molecule has 0 aliphatic heterocycles. The van der Waals surface area contributed by atoms with E-state index in [0.717, 1.165) is 22.4 Å². The summed E-state index contributed by atoms with van der Waals surface area (Å²) in [5.74, 6) is 0.666. The van der Waals surface area contributed by atoms with Crippen LogP contribution in [0.15, 0.2) is 90.1 Å². The van der Waals surface area contributed by atoms with Crippen molar-refractivity contribution in [2.24, 2.45) is 0 Å². The largest absolute Gasteiger partial charge is 0.369 e. The lowest BCUT2D eigenvalue weighted by Crippen LogP contribution is -2.29. The third-order valence-electron chi connectivity index (χ3n) is 5.30. The van der Waals surface area contributed by atoms with Gasteiger partial charge in [0.25, 0.3) is 0 Å². The average Bonchev–Trinajstić information content (AvgIpc) is 3.30. The zero-order valence-electron chi connectivity index (χ0n) is 19.6. The van der Waals surface area contributed by atoms with Gasteiger partial charge in [-0.05, 0) is 50.6 Å². The molecule has 2 aromatic carbocycles. The van der Waals surface area contributed by atoms with Crippen molar-refractivity contribution in [3.8, 4) is 22.4 Å². The molecule has 0 aliphatic carbocycles. The molecule has 0 saturated carbocycles. The molecule has 8 heteroatoms. The van der Waals surface area contributed by atoms with Gasteiger partial charge < -0.3 is 5.32 Å². The Balaban J connectivity index is 1.51. The van der Waals surface area contributed by atoms with Gasteiger partial charge in [-0.3, -0.25) is 4.68 Å². The summed E-state index contributed by atoms with van der Waals surface area (Å²) in [5.41, 5.74) is 3.78. The molecule has 0 amide bonds. The molecule has 7 nitrogen and oxygen atoms in total. The fourth-order valence-corrected chi connectivity index (χ4v) is 4.54. The quantitative estimate of drug-likeness (QED) is 0.359. The van der Waals surface area contributed by atoms with Crippen molar-refractivity contribution in [2.45, 2.75) is 31.2 Å². The Bertz CT molecular complexity index is 1340. The van der Waals surface area contributed by atoms with Gasteiger partial charge in [-0.2, -0.15) is 5.10 Å². The highest BCUT2D eigenvalue weighted by Gasteiger charge is 2.20. The Hall–Kier alpha value is -3.49. The summed E-state index contributed by atoms with van der Waals surface area (Å²) in [4.78, 5) is 4.65. The van der Waals surface area contributed by atoms with E-state index in [1.54, 1.807) is 36.5 Å². The Morgan fingerprint density at radius 2 is 1.56 bits per heavy atom. The normalized spacial score (nSPS) is 12.0. The van der Waals surface area contributed by atoms with Gasteiger partial charge >= 0.3 is 0 Å². The molecule has 2 aromatic heterocycles. The molecule has 4 rings (SSSR count). The third kappa shape index (κ3) is 5.52. The van der Waals surface area contributed by atoms with E-state index in [4.69, 9.17) is 5.10 Å². The molecular formula is C26H29N5O2S. The first-order valence-electron chi connectivity index (χ1n) is 11.1. The summed E-state index contributed by atoms with van der Waals surface area (Å²) < 4.78 is 29.3. The SMILES string of the molecule is CC(C)(C)n1cc(-c2ccnc(NCCNS(=O)(=O)c3ccccc3)c2)c(-c2ccccc2)n1. The minimum atomic E-state index is -3.53. The molecule has 4 aromatic rings. The van der Waals surface area contributed by atoms with E-state index in [2.05, 4.69) is 54.1 Å². The lowest BCUT2D eigenvalue weighted by Gasteiger charge is -2.18. The maximum atomic E-state index is 12.4. The van der Waals surface area contributed by atoms with Crippen molar-refractivity contribution in [3.63, 3.8) is 0 Å². The fourth-order valence-electron chi connectivity index (χ4n) is 3.49. The number of hydrogen-bond donors (Lipinski definition) is 2. The molecule has 0 unspecified atom stereocenters. The molecule has 176 valence electrons. The molecule has 2 N–H and O–H groups in total. The monoisotopic (exact) mass is 475 g/mol. The second kappa shape index (κ2) is 9.79. The van der Waals surface area contributed by atoms with Crippen LogP contribution in [-0.2, 0) is 15.6 Å². The predicted octanol–water partition coefficient (Wildman–Crippen LogP) is 4.76. The van der Waals surface area contributed by atoms with E-state index in [-0.39, 0.29) is 17.0 Å². The number of hydrogen-bond acceptors (Lipinski definition) is 5. The van der Waals surface area contributed by atoms with E-state index in [1.165, 1.54) is 0 Å². The van der Waals surface area contributed by atoms with Gasteiger partial charge in [-0.1, -0.05) is 48.5 Å². The van der Waals surface area contributed by atoms with Gasteiger partial charge in [-0.25, -0.2) is 18.1 Å². The molecule has 2 heterocycles. The van der Waals surface area contributed by atoms with Crippen molar-refractivity contribution in [1.82, 2.24) is 19.5 Å². The minimum Gasteiger partial charge on any atom is -0.369 e. The molecule has 0 aliphatic rings. The Morgan fingerprint density at radius 3 is 2.24 bits per heavy atom. The third-order valence-corrected chi connectivity index (χ3v) is 6.77. The minimum absolute atomic E-state index is 0.161. The van der Waals surface area contributed by atoms with E-state index in [0.29, 0.717) is 12.4 Å². The van der Waals surface area contributed by atoms with Crippen LogP contribution in [0.2, 0.25) is 0 Å². The van der Waals surface area contributed by atoms with Crippen LogP contribution in [0.25, 0.3) is 22.4 Å². The van der Waals surface area contributed by atoms with Crippen LogP contribution in [0, 0.1) is 0 Å². The molecular weight excluding hydrogens is 446 g/mol. The lowest BCUT2D eigenvalue weighted by molar-refractivity contribution is 0.356. The number of benzene rings is 2. The maximum absolute atomic E-state index is 12.4. The fraction of sp³-hybridized carbons (Fsp3) is 0.231. The standard InChI is InChI=1S/C26H29N5O2S/c1-26(2,3)31-19-23(25(30-31)20-10-6-4-7-11-20)21-14-15-27-24(18-21)28-16-17-29-34(32,33)22-12-8-5-9-13-22/h4-15,18-19,29H,16-17H2,1-3H3,(H,27,28). The average molecular weight is 476 g/mol. The number of sulfonamides is 1. The summed E-state index contributed by atoms with van der Waals surface area (Å²) in [7, 11) is -3.53. The van der Waals surface area contributed by atoms with Crippen LogP contribution in [0.4, 0.5) is 5.82 Å². The highest BCUT2D eigenvalue weighted by atomic mass is 32.2. The van der Waals surface area contributed by atoms with Gasteiger partial charge in [0.2, 0.25) is 10.0 Å². The molecule has 34 heavy (non-hydrogen) atoms. The van der Waals surface area contributed by atoms with Crippen LogP contribution in [0.1, 0.15) is 20.8 Å². The van der Waals surface area contributed by atoms with Crippen LogP contribution < -0.4 is 10.0 Å². The summed E-state index contributed by atoms with van der Waals surface area (Å²) in [6, 6.07) is 22.4. The van der Waals surface area contributed by atoms with E-state index >= 15 is 0 Å². The summed E-state index contributed by atoms with van der Waals surface area (Å²) in [6.07, 6.45) is 3.81. The van der Waals surface area contributed by atoms with E-state index in [1.807, 2.05) is 35.0 Å². The number of nitrogens with zero attached hydrogens (tertiary/aromatic N) is 3. The van der Waals surface area contributed by atoms with Crippen molar-refractivity contribution in [3.05, 3.63) is 85.2 Å². The number of aromatic nitrogens is 3. The highest BCUT2D eigenvalue weighted by molar-refractivity contribution is 7.89. The van der Waals surface area contributed by atoms with Gasteiger partial charge in [0, 0.05) is 36.6 Å². The predicted molar refractivity (Wildman–Crippen MR) is 136 cm³/mol. The van der Waals surface area contributed by atoms with Crippen molar-refractivity contribution >= 4 is 15.8 Å². The molecule has 0 radical (unpaired) electrons. The number of anilines is 1. The van der Waals surface area contributed by atoms with Crippen molar-refractivity contribution < 1.29 is 8.42 Å². The second-order valence-corrected chi connectivity index (χ2v) is 10.7. The number of nitrogens with one attached hydrogen (secondary N) is 2. The second-order valence-electron chi connectivity index (χ2n) is 8.94. The van der Waals surface area contributed by atoms with Crippen LogP contribution in [0.3, 0.4) is 0 Å². The molecule has 0 fully saturated rings. The Kier molecular flexibility index (Phi) is 6.81.